The second kappa shape index (κ2) is 8.00. The molecule has 2 aromatic rings. The molecular formula is C21H31N5O3. The summed E-state index contributed by atoms with van der Waals surface area (Å²) in [4.78, 5) is 25.5. The Morgan fingerprint density at radius 2 is 2.03 bits per heavy atom. The van der Waals surface area contributed by atoms with Crippen molar-refractivity contribution in [2.75, 3.05) is 11.9 Å². The first-order valence-corrected chi connectivity index (χ1v) is 10.2. The van der Waals surface area contributed by atoms with Crippen molar-refractivity contribution in [3.63, 3.8) is 0 Å². The van der Waals surface area contributed by atoms with E-state index in [0.717, 1.165) is 30.6 Å². The van der Waals surface area contributed by atoms with Gasteiger partial charge in [-0.1, -0.05) is 39.8 Å². The van der Waals surface area contributed by atoms with Gasteiger partial charge in [-0.05, 0) is 30.1 Å². The van der Waals surface area contributed by atoms with Crippen LogP contribution in [-0.2, 0) is 19.9 Å². The first-order valence-electron chi connectivity index (χ1n) is 10.2. The van der Waals surface area contributed by atoms with Gasteiger partial charge in [0.2, 0.25) is 0 Å². The lowest BCUT2D eigenvalue weighted by Crippen LogP contribution is -2.30. The highest BCUT2D eigenvalue weighted by Crippen LogP contribution is 2.38. The molecule has 0 fully saturated rings. The van der Waals surface area contributed by atoms with Crippen LogP contribution in [0.4, 0.5) is 5.69 Å². The second-order valence-electron chi connectivity index (χ2n) is 9.33. The first kappa shape index (κ1) is 21.1. The maximum Gasteiger partial charge on any atom is 0.278 e. The minimum Gasteiger partial charge on any atom is -0.360 e. The number of hydrogen-bond acceptors (Lipinski definition) is 5. The number of aryl methyl sites for hydroxylation is 2. The van der Waals surface area contributed by atoms with Crippen molar-refractivity contribution in [3.05, 3.63) is 28.9 Å². The maximum atomic E-state index is 13.0. The summed E-state index contributed by atoms with van der Waals surface area (Å²) in [5.74, 6) is 0.913. The van der Waals surface area contributed by atoms with Crippen molar-refractivity contribution in [2.24, 2.45) is 24.3 Å². The molecule has 8 heteroatoms. The Morgan fingerprint density at radius 3 is 2.69 bits per heavy atom. The van der Waals surface area contributed by atoms with Crippen molar-refractivity contribution < 1.29 is 14.1 Å². The molecule has 2 N–H and O–H groups in total. The highest BCUT2D eigenvalue weighted by atomic mass is 16.5. The predicted octanol–water partition coefficient (Wildman–Crippen LogP) is 3.20. The van der Waals surface area contributed by atoms with Gasteiger partial charge < -0.3 is 15.2 Å². The molecular weight excluding hydrogens is 370 g/mol. The van der Waals surface area contributed by atoms with Crippen molar-refractivity contribution in [3.8, 4) is 0 Å². The van der Waals surface area contributed by atoms with Crippen molar-refractivity contribution in [1.82, 2.24) is 20.3 Å². The maximum absolute atomic E-state index is 13.0. The zero-order chi connectivity index (χ0) is 21.3. The summed E-state index contributed by atoms with van der Waals surface area (Å²) in [6.45, 7) is 11.2. The molecule has 8 nitrogen and oxygen atoms in total. The summed E-state index contributed by atoms with van der Waals surface area (Å²) in [6, 6.07) is 0. The number of fused-ring (bicyclic) bond motifs is 1. The van der Waals surface area contributed by atoms with Crippen LogP contribution < -0.4 is 10.6 Å². The molecule has 2 aromatic heterocycles. The summed E-state index contributed by atoms with van der Waals surface area (Å²) in [7, 11) is 1.67. The quantitative estimate of drug-likeness (QED) is 0.801. The van der Waals surface area contributed by atoms with Crippen LogP contribution in [0.2, 0.25) is 0 Å². The van der Waals surface area contributed by atoms with Gasteiger partial charge in [0.1, 0.15) is 11.5 Å². The lowest BCUT2D eigenvalue weighted by molar-refractivity contribution is 0.0940. The van der Waals surface area contributed by atoms with Gasteiger partial charge in [-0.3, -0.25) is 14.3 Å². The van der Waals surface area contributed by atoms with Crippen LogP contribution >= 0.6 is 0 Å². The van der Waals surface area contributed by atoms with Crippen molar-refractivity contribution in [2.45, 2.75) is 53.9 Å². The molecule has 1 unspecified atom stereocenters. The summed E-state index contributed by atoms with van der Waals surface area (Å²) in [5, 5.41) is 13.8. The smallest absolute Gasteiger partial charge is 0.278 e. The van der Waals surface area contributed by atoms with Crippen LogP contribution in [0.5, 0.6) is 0 Å². The Labute approximate surface area is 171 Å². The molecule has 1 aliphatic rings. The summed E-state index contributed by atoms with van der Waals surface area (Å²) < 4.78 is 6.90. The lowest BCUT2D eigenvalue weighted by Gasteiger charge is -2.33. The van der Waals surface area contributed by atoms with Gasteiger partial charge in [0, 0.05) is 25.6 Å². The SMILES string of the molecule is CC(C)CNC(=O)c1c(NC(=O)c2noc3c2CC(C(C)(C)C)CC3)cnn1C. The molecule has 0 radical (unpaired) electrons. The number of carbonyl (C=O) groups is 2. The Morgan fingerprint density at radius 1 is 1.31 bits per heavy atom. The van der Waals surface area contributed by atoms with Gasteiger partial charge in [0.15, 0.2) is 5.69 Å². The normalized spacial score (nSPS) is 16.6. The lowest BCUT2D eigenvalue weighted by atomic mass is 9.71. The molecule has 0 bridgehead atoms. The average molecular weight is 402 g/mol. The van der Waals surface area contributed by atoms with Crippen LogP contribution in [-0.4, -0.2) is 33.3 Å². The van der Waals surface area contributed by atoms with Gasteiger partial charge in [-0.2, -0.15) is 5.10 Å². The number of nitrogens with one attached hydrogen (secondary N) is 2. The van der Waals surface area contributed by atoms with Gasteiger partial charge >= 0.3 is 0 Å². The number of amides is 2. The average Bonchev–Trinajstić information content (AvgIpc) is 3.22. The predicted molar refractivity (Wildman–Crippen MR) is 110 cm³/mol. The van der Waals surface area contributed by atoms with E-state index in [0.29, 0.717) is 35.5 Å². The molecule has 158 valence electrons. The van der Waals surface area contributed by atoms with Gasteiger partial charge in [-0.15, -0.1) is 0 Å². The molecule has 1 atom stereocenters. The number of rotatable bonds is 5. The standard InChI is InChI=1S/C21H31N5O3/c1-12(2)10-22-20(28)18-15(11-23-26(18)6)24-19(27)17-14-9-13(21(3,4)5)7-8-16(14)29-25-17/h11-13H,7-10H2,1-6H3,(H,22,28)(H,24,27). The molecule has 29 heavy (non-hydrogen) atoms. The van der Waals surface area contributed by atoms with Crippen LogP contribution in [0.25, 0.3) is 0 Å². The largest absolute Gasteiger partial charge is 0.360 e. The second-order valence-corrected chi connectivity index (χ2v) is 9.33. The highest BCUT2D eigenvalue weighted by Gasteiger charge is 2.34. The topological polar surface area (TPSA) is 102 Å². The Hall–Kier alpha value is -2.64. The summed E-state index contributed by atoms with van der Waals surface area (Å²) in [6.07, 6.45) is 4.05. The zero-order valence-corrected chi connectivity index (χ0v) is 18.1. The van der Waals surface area contributed by atoms with Crippen LogP contribution in [0.3, 0.4) is 0 Å². The third kappa shape index (κ3) is 4.52. The molecule has 1 aliphatic carbocycles. The molecule has 2 heterocycles. The van der Waals surface area contributed by atoms with Crippen LogP contribution in [0.15, 0.2) is 10.7 Å². The third-order valence-corrected chi connectivity index (χ3v) is 5.55. The Balaban J connectivity index is 1.79. The molecule has 0 saturated heterocycles. The monoisotopic (exact) mass is 401 g/mol. The Kier molecular flexibility index (Phi) is 5.82. The number of anilines is 1. The molecule has 0 aromatic carbocycles. The molecule has 3 rings (SSSR count). The van der Waals surface area contributed by atoms with E-state index >= 15 is 0 Å². The fourth-order valence-electron chi connectivity index (χ4n) is 3.68. The highest BCUT2D eigenvalue weighted by molar-refractivity contribution is 6.08. The molecule has 0 spiro atoms. The fourth-order valence-corrected chi connectivity index (χ4v) is 3.68. The van der Waals surface area contributed by atoms with Crippen molar-refractivity contribution in [1.29, 1.82) is 0 Å². The molecule has 0 aliphatic heterocycles. The van der Waals surface area contributed by atoms with E-state index in [1.807, 2.05) is 13.8 Å². The van der Waals surface area contributed by atoms with E-state index in [1.165, 1.54) is 10.9 Å². The third-order valence-electron chi connectivity index (χ3n) is 5.55. The van der Waals surface area contributed by atoms with E-state index in [1.54, 1.807) is 7.05 Å². The minimum absolute atomic E-state index is 0.147. The van der Waals surface area contributed by atoms with E-state index in [-0.39, 0.29) is 17.2 Å². The van der Waals surface area contributed by atoms with E-state index in [9.17, 15) is 9.59 Å². The summed E-state index contributed by atoms with van der Waals surface area (Å²) in [5.41, 5.74) is 1.99. The van der Waals surface area contributed by atoms with Gasteiger partial charge in [0.05, 0.1) is 11.9 Å². The fraction of sp³-hybridized carbons (Fsp3) is 0.619. The van der Waals surface area contributed by atoms with E-state index in [4.69, 9.17) is 4.52 Å². The minimum atomic E-state index is -0.379. The van der Waals surface area contributed by atoms with E-state index < -0.39 is 0 Å². The first-order chi connectivity index (χ1) is 13.6. The number of carbonyl (C=O) groups excluding carboxylic acids is 2. The number of nitrogens with zero attached hydrogens (tertiary/aromatic N) is 3. The Bertz CT molecular complexity index is 904. The van der Waals surface area contributed by atoms with Crippen molar-refractivity contribution >= 4 is 17.5 Å². The number of aromatic nitrogens is 3. The zero-order valence-electron chi connectivity index (χ0n) is 18.1. The van der Waals surface area contributed by atoms with Gasteiger partial charge in [-0.25, -0.2) is 0 Å². The summed E-state index contributed by atoms with van der Waals surface area (Å²) >= 11 is 0. The van der Waals surface area contributed by atoms with Gasteiger partial charge in [0.25, 0.3) is 11.8 Å². The molecule has 2 amide bonds. The van der Waals surface area contributed by atoms with Crippen LogP contribution in [0, 0.1) is 17.3 Å². The van der Waals surface area contributed by atoms with E-state index in [2.05, 4.69) is 41.7 Å². The number of hydrogen-bond donors (Lipinski definition) is 2. The van der Waals surface area contributed by atoms with Crippen LogP contribution in [0.1, 0.15) is 73.3 Å². The molecule has 0 saturated carbocycles.